The van der Waals surface area contributed by atoms with Crippen molar-refractivity contribution in [2.24, 2.45) is 0 Å². The third kappa shape index (κ3) is 3.16. The van der Waals surface area contributed by atoms with Gasteiger partial charge in [-0.25, -0.2) is 4.98 Å². The lowest BCUT2D eigenvalue weighted by molar-refractivity contribution is 0.776. The largest absolute Gasteiger partial charge is 0.332 e. The van der Waals surface area contributed by atoms with Crippen LogP contribution >= 0.6 is 23.1 Å². The summed E-state index contributed by atoms with van der Waals surface area (Å²) in [6, 6.07) is 3.72. The van der Waals surface area contributed by atoms with Gasteiger partial charge in [0.05, 0.1) is 10.9 Å². The normalized spacial score (nSPS) is 11.3. The highest BCUT2D eigenvalue weighted by Crippen LogP contribution is 2.29. The van der Waals surface area contributed by atoms with Gasteiger partial charge in [-0.2, -0.15) is 0 Å². The van der Waals surface area contributed by atoms with Crippen LogP contribution in [0.2, 0.25) is 0 Å². The Bertz CT molecular complexity index is 901. The van der Waals surface area contributed by atoms with Gasteiger partial charge in [0.2, 0.25) is 5.43 Å². The predicted octanol–water partition coefficient (Wildman–Crippen LogP) is 3.75. The van der Waals surface area contributed by atoms with E-state index in [-0.39, 0.29) is 5.43 Å². The van der Waals surface area contributed by atoms with Gasteiger partial charge in [-0.15, -0.1) is 10.2 Å². The van der Waals surface area contributed by atoms with Gasteiger partial charge in [0, 0.05) is 24.2 Å². The number of nitrogens with zero attached hydrogens (tertiary/aromatic N) is 4. The molecule has 0 bridgehead atoms. The molecule has 7 heteroatoms. The lowest BCUT2D eigenvalue weighted by Crippen LogP contribution is -2.13. The Morgan fingerprint density at radius 3 is 2.83 bits per heavy atom. The van der Waals surface area contributed by atoms with E-state index in [0.717, 1.165) is 34.4 Å². The molecule has 3 rings (SSSR count). The number of aromatic nitrogens is 4. The molecule has 3 heterocycles. The topological polar surface area (TPSA) is 60.7 Å². The summed E-state index contributed by atoms with van der Waals surface area (Å²) in [6.07, 6.45) is 2.94. The molecule has 0 spiro atoms. The number of pyridine rings is 2. The second-order valence-corrected chi connectivity index (χ2v) is 7.52. The third-order valence-corrected chi connectivity index (χ3v) is 5.76. The Labute approximate surface area is 142 Å². The molecule has 0 N–H and O–H groups in total. The molecular weight excluding hydrogens is 328 g/mol. The van der Waals surface area contributed by atoms with E-state index in [0.29, 0.717) is 16.0 Å². The minimum absolute atomic E-state index is 0.0274. The van der Waals surface area contributed by atoms with Crippen molar-refractivity contribution in [1.82, 2.24) is 19.7 Å². The summed E-state index contributed by atoms with van der Waals surface area (Å²) in [5, 5.41) is 9.71. The molecule has 0 aliphatic rings. The van der Waals surface area contributed by atoms with Gasteiger partial charge in [-0.1, -0.05) is 30.0 Å². The molecule has 0 aliphatic heterocycles. The molecule has 5 nitrogen and oxygen atoms in total. The summed E-state index contributed by atoms with van der Waals surface area (Å²) >= 11 is 3.16. The van der Waals surface area contributed by atoms with E-state index < -0.39 is 0 Å². The van der Waals surface area contributed by atoms with Gasteiger partial charge in [0.15, 0.2) is 9.35 Å². The molecule has 0 aliphatic carbocycles. The van der Waals surface area contributed by atoms with Crippen molar-refractivity contribution >= 4 is 34.1 Å². The Balaban J connectivity index is 2.14. The Morgan fingerprint density at radius 1 is 1.26 bits per heavy atom. The maximum absolute atomic E-state index is 12.8. The van der Waals surface area contributed by atoms with Crippen LogP contribution < -0.4 is 5.43 Å². The molecule has 0 atom stereocenters. The van der Waals surface area contributed by atoms with Gasteiger partial charge in [-0.3, -0.25) is 4.79 Å². The summed E-state index contributed by atoms with van der Waals surface area (Å²) in [6.45, 7) is 6.85. The van der Waals surface area contributed by atoms with Gasteiger partial charge in [0.1, 0.15) is 5.65 Å². The quantitative estimate of drug-likeness (QED) is 0.659. The van der Waals surface area contributed by atoms with E-state index in [1.165, 1.54) is 11.3 Å². The zero-order valence-corrected chi connectivity index (χ0v) is 15.0. The van der Waals surface area contributed by atoms with E-state index >= 15 is 0 Å². The predicted molar refractivity (Wildman–Crippen MR) is 96.3 cm³/mol. The first kappa shape index (κ1) is 16.1. The second-order valence-electron chi connectivity index (χ2n) is 5.20. The van der Waals surface area contributed by atoms with Crippen molar-refractivity contribution < 1.29 is 0 Å². The highest BCUT2D eigenvalue weighted by Gasteiger charge is 2.15. The summed E-state index contributed by atoms with van der Waals surface area (Å²) in [7, 11) is 0. The van der Waals surface area contributed by atoms with Crippen molar-refractivity contribution in [2.75, 3.05) is 5.75 Å². The first-order valence-electron chi connectivity index (χ1n) is 7.61. The molecule has 0 radical (unpaired) electrons. The van der Waals surface area contributed by atoms with Crippen LogP contribution in [0.5, 0.6) is 0 Å². The zero-order valence-electron chi connectivity index (χ0n) is 13.4. The Morgan fingerprint density at radius 2 is 2.09 bits per heavy atom. The van der Waals surface area contributed by atoms with E-state index in [1.54, 1.807) is 11.8 Å². The van der Waals surface area contributed by atoms with Gasteiger partial charge in [-0.05, 0) is 32.4 Å². The monoisotopic (exact) mass is 346 g/mol. The fraction of sp³-hybridized carbons (Fsp3) is 0.375. The van der Waals surface area contributed by atoms with E-state index in [4.69, 9.17) is 0 Å². The van der Waals surface area contributed by atoms with Crippen molar-refractivity contribution in [3.63, 3.8) is 0 Å². The van der Waals surface area contributed by atoms with Gasteiger partial charge in [0.25, 0.3) is 0 Å². The van der Waals surface area contributed by atoms with Crippen molar-refractivity contribution in [3.8, 4) is 10.6 Å². The number of thioether (sulfide) groups is 1. The fourth-order valence-electron chi connectivity index (χ4n) is 2.32. The van der Waals surface area contributed by atoms with Gasteiger partial charge >= 0.3 is 0 Å². The minimum Gasteiger partial charge on any atom is -0.332 e. The van der Waals surface area contributed by atoms with Crippen LogP contribution in [0.3, 0.4) is 0 Å². The molecular formula is C16H18N4OS2. The van der Waals surface area contributed by atoms with E-state index in [2.05, 4.69) is 22.1 Å². The highest BCUT2D eigenvalue weighted by molar-refractivity contribution is 8.01. The smallest absolute Gasteiger partial charge is 0.201 e. The first-order valence-corrected chi connectivity index (χ1v) is 9.41. The summed E-state index contributed by atoms with van der Waals surface area (Å²) in [5.41, 5.74) is 2.21. The van der Waals surface area contributed by atoms with Crippen molar-refractivity contribution in [1.29, 1.82) is 0 Å². The fourth-order valence-corrected chi connectivity index (χ4v) is 4.10. The number of fused-ring (bicyclic) bond motifs is 1. The van der Waals surface area contributed by atoms with Crippen LogP contribution in [0, 0.1) is 6.92 Å². The van der Waals surface area contributed by atoms with E-state index in [1.807, 2.05) is 36.7 Å². The SMILES string of the molecule is CCCSc1nnc(-c2cn(CC)c3nc(C)ccc3c2=O)s1. The van der Waals surface area contributed by atoms with Crippen LogP contribution in [0.25, 0.3) is 21.6 Å². The van der Waals surface area contributed by atoms with Crippen LogP contribution in [0.4, 0.5) is 0 Å². The lowest BCUT2D eigenvalue weighted by Gasteiger charge is -2.09. The minimum atomic E-state index is -0.0274. The number of hydrogen-bond donors (Lipinski definition) is 0. The molecule has 0 aromatic carbocycles. The number of hydrogen-bond acceptors (Lipinski definition) is 6. The lowest BCUT2D eigenvalue weighted by atomic mass is 10.2. The average Bonchev–Trinajstić information content (AvgIpc) is 3.02. The van der Waals surface area contributed by atoms with Crippen LogP contribution in [0.1, 0.15) is 26.0 Å². The molecule has 0 saturated carbocycles. The molecule has 0 saturated heterocycles. The van der Waals surface area contributed by atoms with Gasteiger partial charge < -0.3 is 4.57 Å². The van der Waals surface area contributed by atoms with Crippen LogP contribution in [-0.4, -0.2) is 25.5 Å². The Hall–Kier alpha value is -1.73. The van der Waals surface area contributed by atoms with Crippen molar-refractivity contribution in [2.45, 2.75) is 38.1 Å². The Kier molecular flexibility index (Phi) is 4.77. The molecule has 23 heavy (non-hydrogen) atoms. The summed E-state index contributed by atoms with van der Waals surface area (Å²) in [5.74, 6) is 1.01. The second kappa shape index (κ2) is 6.80. The number of rotatable bonds is 5. The maximum atomic E-state index is 12.8. The molecule has 120 valence electrons. The maximum Gasteiger partial charge on any atom is 0.201 e. The molecule has 0 amide bonds. The van der Waals surface area contributed by atoms with Crippen LogP contribution in [-0.2, 0) is 6.54 Å². The molecule has 0 unspecified atom stereocenters. The third-order valence-electron chi connectivity index (χ3n) is 3.47. The van der Waals surface area contributed by atoms with Crippen LogP contribution in [0.15, 0.2) is 27.5 Å². The number of aryl methyl sites for hydroxylation is 2. The summed E-state index contributed by atoms with van der Waals surface area (Å²) in [4.78, 5) is 17.3. The molecule has 3 aromatic heterocycles. The zero-order chi connectivity index (χ0) is 16.4. The standard InChI is InChI=1S/C16H18N4OS2/c1-4-8-22-16-19-18-15(23-16)12-9-20(5-2)14-11(13(12)21)7-6-10(3)17-14/h6-7,9H,4-5,8H2,1-3H3. The first-order chi connectivity index (χ1) is 11.1. The molecule has 3 aromatic rings. The van der Waals surface area contributed by atoms with Crippen molar-refractivity contribution in [3.05, 3.63) is 34.2 Å². The summed E-state index contributed by atoms with van der Waals surface area (Å²) < 4.78 is 2.91. The highest BCUT2D eigenvalue weighted by atomic mass is 32.2. The van der Waals surface area contributed by atoms with E-state index in [9.17, 15) is 4.79 Å². The average molecular weight is 346 g/mol. The molecule has 0 fully saturated rings.